The van der Waals surface area contributed by atoms with E-state index in [1.54, 1.807) is 0 Å². The summed E-state index contributed by atoms with van der Waals surface area (Å²) >= 11 is 0. The molecule has 2 aliphatic rings. The average Bonchev–Trinajstić information content (AvgIpc) is 2.46. The van der Waals surface area contributed by atoms with Crippen LogP contribution in [-0.2, 0) is 4.74 Å². The number of ether oxygens (including phenoxy) is 1. The Hall–Kier alpha value is -0.120. The van der Waals surface area contributed by atoms with Crippen molar-refractivity contribution in [2.24, 2.45) is 5.92 Å². The van der Waals surface area contributed by atoms with Crippen LogP contribution in [0.4, 0.5) is 0 Å². The summed E-state index contributed by atoms with van der Waals surface area (Å²) in [6.45, 7) is 3.81. The lowest BCUT2D eigenvalue weighted by molar-refractivity contribution is 0.0173. The van der Waals surface area contributed by atoms with E-state index in [0.29, 0.717) is 6.10 Å². The number of nitrogens with one attached hydrogen (secondary N) is 1. The molecule has 0 aromatic rings. The molecule has 18 heavy (non-hydrogen) atoms. The molecule has 2 atom stereocenters. The van der Waals surface area contributed by atoms with Crippen molar-refractivity contribution in [3.8, 4) is 0 Å². The zero-order valence-corrected chi connectivity index (χ0v) is 12.2. The first-order valence-corrected chi connectivity index (χ1v) is 7.75. The van der Waals surface area contributed by atoms with Crippen LogP contribution < -0.4 is 5.32 Å². The second kappa shape index (κ2) is 7.46. The lowest BCUT2D eigenvalue weighted by Gasteiger charge is -2.41. The van der Waals surface area contributed by atoms with Gasteiger partial charge in [0, 0.05) is 13.2 Å². The molecule has 3 heteroatoms. The molecule has 1 heterocycles. The molecule has 1 N–H and O–H groups in total. The third kappa shape index (κ3) is 3.94. The third-order valence-electron chi connectivity index (χ3n) is 4.90. The van der Waals surface area contributed by atoms with Crippen molar-refractivity contribution >= 4 is 0 Å². The number of nitrogens with zero attached hydrogens (tertiary/aromatic N) is 1. The Morgan fingerprint density at radius 2 is 1.94 bits per heavy atom. The highest BCUT2D eigenvalue weighted by Crippen LogP contribution is 2.29. The second-order valence-electron chi connectivity index (χ2n) is 6.05. The quantitative estimate of drug-likeness (QED) is 0.814. The van der Waals surface area contributed by atoms with Gasteiger partial charge in [-0.2, -0.15) is 0 Å². The molecule has 1 saturated heterocycles. The molecule has 1 saturated carbocycles. The van der Waals surface area contributed by atoms with Gasteiger partial charge in [0.2, 0.25) is 0 Å². The molecular weight excluding hydrogens is 224 g/mol. The fourth-order valence-corrected chi connectivity index (χ4v) is 3.62. The van der Waals surface area contributed by atoms with E-state index in [4.69, 9.17) is 4.74 Å². The topological polar surface area (TPSA) is 24.5 Å². The van der Waals surface area contributed by atoms with E-state index in [1.165, 1.54) is 64.6 Å². The highest BCUT2D eigenvalue weighted by molar-refractivity contribution is 4.84. The Balaban J connectivity index is 1.72. The van der Waals surface area contributed by atoms with Gasteiger partial charge in [-0.15, -0.1) is 0 Å². The third-order valence-corrected chi connectivity index (χ3v) is 4.90. The van der Waals surface area contributed by atoms with Crippen molar-refractivity contribution in [1.29, 1.82) is 0 Å². The van der Waals surface area contributed by atoms with E-state index in [9.17, 15) is 0 Å². The smallest absolute Gasteiger partial charge is 0.0586 e. The predicted octanol–water partition coefficient (Wildman–Crippen LogP) is 2.27. The molecule has 0 aromatic heterocycles. The van der Waals surface area contributed by atoms with Crippen LogP contribution in [-0.4, -0.2) is 50.8 Å². The van der Waals surface area contributed by atoms with E-state index in [0.717, 1.165) is 12.0 Å². The molecule has 106 valence electrons. The fraction of sp³-hybridized carbons (Fsp3) is 1.00. The summed E-state index contributed by atoms with van der Waals surface area (Å²) in [6, 6.07) is 0.800. The Labute approximate surface area is 112 Å². The minimum absolute atomic E-state index is 0.519. The fourth-order valence-electron chi connectivity index (χ4n) is 3.62. The van der Waals surface area contributed by atoms with Crippen molar-refractivity contribution in [2.75, 3.05) is 33.8 Å². The van der Waals surface area contributed by atoms with Gasteiger partial charge in [0.1, 0.15) is 0 Å². The zero-order valence-electron chi connectivity index (χ0n) is 12.2. The molecule has 0 bridgehead atoms. The van der Waals surface area contributed by atoms with Gasteiger partial charge in [-0.1, -0.05) is 0 Å². The molecule has 2 unspecified atom stereocenters. The minimum Gasteiger partial charge on any atom is -0.381 e. The van der Waals surface area contributed by atoms with Crippen LogP contribution in [0.25, 0.3) is 0 Å². The Bertz CT molecular complexity index is 227. The number of likely N-dealkylation sites (tertiary alicyclic amines) is 1. The maximum atomic E-state index is 5.55. The van der Waals surface area contributed by atoms with Crippen LogP contribution in [0.2, 0.25) is 0 Å². The highest BCUT2D eigenvalue weighted by atomic mass is 16.5. The minimum atomic E-state index is 0.519. The summed E-state index contributed by atoms with van der Waals surface area (Å²) in [4.78, 5) is 2.74. The first kappa shape index (κ1) is 14.3. The summed E-state index contributed by atoms with van der Waals surface area (Å²) in [7, 11) is 3.93. The van der Waals surface area contributed by atoms with Gasteiger partial charge in [-0.3, -0.25) is 0 Å². The van der Waals surface area contributed by atoms with E-state index in [2.05, 4.69) is 17.3 Å². The summed E-state index contributed by atoms with van der Waals surface area (Å²) in [6.07, 6.45) is 9.94. The molecule has 2 rings (SSSR count). The molecule has 2 fully saturated rings. The summed E-state index contributed by atoms with van der Waals surface area (Å²) < 4.78 is 5.55. The molecule has 0 aromatic carbocycles. The van der Waals surface area contributed by atoms with Crippen molar-refractivity contribution in [1.82, 2.24) is 10.2 Å². The predicted molar refractivity (Wildman–Crippen MR) is 75.9 cm³/mol. The van der Waals surface area contributed by atoms with Gasteiger partial charge in [0.25, 0.3) is 0 Å². The number of rotatable bonds is 5. The van der Waals surface area contributed by atoms with Crippen molar-refractivity contribution in [2.45, 2.75) is 57.1 Å². The second-order valence-corrected chi connectivity index (χ2v) is 6.05. The van der Waals surface area contributed by atoms with Crippen LogP contribution in [0.15, 0.2) is 0 Å². The van der Waals surface area contributed by atoms with Crippen LogP contribution in [0.5, 0.6) is 0 Å². The molecule has 0 amide bonds. The highest BCUT2D eigenvalue weighted by Gasteiger charge is 2.29. The van der Waals surface area contributed by atoms with E-state index >= 15 is 0 Å². The zero-order chi connectivity index (χ0) is 12.8. The first-order chi connectivity index (χ1) is 8.83. The average molecular weight is 254 g/mol. The van der Waals surface area contributed by atoms with Crippen LogP contribution in [0.1, 0.15) is 44.9 Å². The van der Waals surface area contributed by atoms with E-state index in [-0.39, 0.29) is 0 Å². The molecule has 3 nitrogen and oxygen atoms in total. The maximum absolute atomic E-state index is 5.55. The van der Waals surface area contributed by atoms with Gasteiger partial charge >= 0.3 is 0 Å². The van der Waals surface area contributed by atoms with Crippen molar-refractivity contribution < 1.29 is 4.74 Å². The first-order valence-electron chi connectivity index (χ1n) is 7.75. The van der Waals surface area contributed by atoms with Gasteiger partial charge in [-0.05, 0) is 77.5 Å². The van der Waals surface area contributed by atoms with Crippen LogP contribution >= 0.6 is 0 Å². The molecule has 1 aliphatic heterocycles. The Morgan fingerprint density at radius 3 is 2.61 bits per heavy atom. The van der Waals surface area contributed by atoms with Gasteiger partial charge in [0.05, 0.1) is 6.10 Å². The molecule has 0 radical (unpaired) electrons. The van der Waals surface area contributed by atoms with Crippen molar-refractivity contribution in [3.05, 3.63) is 0 Å². The standard InChI is InChI=1S/C15H30N2O/c1-16-9-6-13-7-10-17(11-8-13)14-4-3-5-15(12-14)18-2/h13-16H,3-12H2,1-2H3. The van der Waals surface area contributed by atoms with Crippen LogP contribution in [0.3, 0.4) is 0 Å². The lowest BCUT2D eigenvalue weighted by Crippen LogP contribution is -2.45. The summed E-state index contributed by atoms with van der Waals surface area (Å²) in [5.74, 6) is 0.954. The van der Waals surface area contributed by atoms with Gasteiger partial charge in [-0.25, -0.2) is 0 Å². The normalized spacial score (nSPS) is 31.7. The Kier molecular flexibility index (Phi) is 5.93. The lowest BCUT2D eigenvalue weighted by atomic mass is 9.88. The SMILES string of the molecule is CNCCC1CCN(C2CCCC(OC)C2)CC1. The van der Waals surface area contributed by atoms with E-state index in [1.807, 2.05) is 7.11 Å². The van der Waals surface area contributed by atoms with Crippen LogP contribution in [0, 0.1) is 5.92 Å². The summed E-state index contributed by atoms with van der Waals surface area (Å²) in [5.41, 5.74) is 0. The van der Waals surface area contributed by atoms with Gasteiger partial charge in [0.15, 0.2) is 0 Å². The molecular formula is C15H30N2O. The van der Waals surface area contributed by atoms with Crippen molar-refractivity contribution in [3.63, 3.8) is 0 Å². The number of hydrogen-bond acceptors (Lipinski definition) is 3. The maximum Gasteiger partial charge on any atom is 0.0586 e. The summed E-state index contributed by atoms with van der Waals surface area (Å²) in [5, 5.41) is 3.27. The largest absolute Gasteiger partial charge is 0.381 e. The molecule has 1 aliphatic carbocycles. The van der Waals surface area contributed by atoms with E-state index < -0.39 is 0 Å². The van der Waals surface area contributed by atoms with Gasteiger partial charge < -0.3 is 15.0 Å². The monoisotopic (exact) mass is 254 g/mol. The molecule has 0 spiro atoms. The number of methoxy groups -OCH3 is 1. The number of piperidine rings is 1. The Morgan fingerprint density at radius 1 is 1.17 bits per heavy atom. The number of hydrogen-bond donors (Lipinski definition) is 1.